The molecule has 0 fully saturated rings. The SMILES string of the molecule is CC(C)CN(CC(=O)O)C(=O)c1cccc(C(=O)N(C)C)c1. The quantitative estimate of drug-likeness (QED) is 0.865. The summed E-state index contributed by atoms with van der Waals surface area (Å²) in [4.78, 5) is 38.1. The molecule has 0 unspecified atom stereocenters. The molecule has 1 aromatic rings. The highest BCUT2D eigenvalue weighted by Gasteiger charge is 2.20. The predicted octanol–water partition coefficient (Wildman–Crippen LogP) is 1.57. The molecule has 2 amide bonds. The number of hydrogen-bond acceptors (Lipinski definition) is 3. The second-order valence-electron chi connectivity index (χ2n) is 5.75. The Kier molecular flexibility index (Phi) is 6.10. The molecule has 0 bridgehead atoms. The van der Waals surface area contributed by atoms with Gasteiger partial charge in [-0.25, -0.2) is 0 Å². The van der Waals surface area contributed by atoms with Crippen LogP contribution in [0.1, 0.15) is 34.6 Å². The summed E-state index contributed by atoms with van der Waals surface area (Å²) in [7, 11) is 3.26. The van der Waals surface area contributed by atoms with Gasteiger partial charge in [0.05, 0.1) is 0 Å². The van der Waals surface area contributed by atoms with Gasteiger partial charge >= 0.3 is 5.97 Å². The number of aliphatic carboxylic acids is 1. The lowest BCUT2D eigenvalue weighted by atomic mass is 10.1. The largest absolute Gasteiger partial charge is 0.480 e. The summed E-state index contributed by atoms with van der Waals surface area (Å²) >= 11 is 0. The average molecular weight is 306 g/mol. The molecule has 22 heavy (non-hydrogen) atoms. The van der Waals surface area contributed by atoms with Gasteiger partial charge in [0.2, 0.25) is 0 Å². The van der Waals surface area contributed by atoms with E-state index >= 15 is 0 Å². The van der Waals surface area contributed by atoms with E-state index in [1.807, 2.05) is 13.8 Å². The second kappa shape index (κ2) is 7.59. The van der Waals surface area contributed by atoms with Crippen LogP contribution >= 0.6 is 0 Å². The van der Waals surface area contributed by atoms with Crippen molar-refractivity contribution in [3.8, 4) is 0 Å². The monoisotopic (exact) mass is 306 g/mol. The van der Waals surface area contributed by atoms with E-state index in [2.05, 4.69) is 0 Å². The number of carboxylic acid groups (broad SMARTS) is 1. The molecule has 6 nitrogen and oxygen atoms in total. The zero-order chi connectivity index (χ0) is 16.9. The number of benzene rings is 1. The highest BCUT2D eigenvalue weighted by atomic mass is 16.4. The van der Waals surface area contributed by atoms with E-state index in [0.29, 0.717) is 17.7 Å². The molecule has 0 radical (unpaired) electrons. The summed E-state index contributed by atoms with van der Waals surface area (Å²) in [5, 5.41) is 8.95. The molecule has 0 saturated carbocycles. The minimum Gasteiger partial charge on any atom is -0.480 e. The average Bonchev–Trinajstić information content (AvgIpc) is 2.44. The summed E-state index contributed by atoms with van der Waals surface area (Å²) < 4.78 is 0. The number of carboxylic acids is 1. The van der Waals surface area contributed by atoms with Crippen molar-refractivity contribution in [1.82, 2.24) is 9.80 Å². The zero-order valence-electron chi connectivity index (χ0n) is 13.4. The molecule has 0 spiro atoms. The maximum Gasteiger partial charge on any atom is 0.323 e. The number of carbonyl (C=O) groups is 3. The van der Waals surface area contributed by atoms with Gasteiger partial charge in [0, 0.05) is 31.8 Å². The minimum atomic E-state index is -1.06. The Labute approximate surface area is 130 Å². The Balaban J connectivity index is 3.05. The molecule has 0 atom stereocenters. The topological polar surface area (TPSA) is 77.9 Å². The molecule has 1 rings (SSSR count). The van der Waals surface area contributed by atoms with Crippen LogP contribution in [0.4, 0.5) is 0 Å². The van der Waals surface area contributed by atoms with Crippen LogP contribution in [0.5, 0.6) is 0 Å². The van der Waals surface area contributed by atoms with Crippen molar-refractivity contribution < 1.29 is 19.5 Å². The molecule has 0 aliphatic carbocycles. The highest BCUT2D eigenvalue weighted by Crippen LogP contribution is 2.11. The Bertz CT molecular complexity index is 567. The predicted molar refractivity (Wildman–Crippen MR) is 82.8 cm³/mol. The van der Waals surface area contributed by atoms with E-state index < -0.39 is 5.97 Å². The molecule has 1 aromatic carbocycles. The standard InChI is InChI=1S/C16H22N2O4/c1-11(2)9-18(10-14(19)20)16(22)13-7-5-6-12(8-13)15(21)17(3)4/h5-8,11H,9-10H2,1-4H3,(H,19,20). The first kappa shape index (κ1) is 17.7. The molecule has 1 N–H and O–H groups in total. The smallest absolute Gasteiger partial charge is 0.323 e. The maximum atomic E-state index is 12.5. The van der Waals surface area contributed by atoms with Crippen molar-refractivity contribution in [1.29, 1.82) is 0 Å². The Morgan fingerprint density at radius 3 is 2.09 bits per heavy atom. The first-order chi connectivity index (χ1) is 10.2. The summed E-state index contributed by atoms with van der Waals surface area (Å²) in [6.45, 7) is 3.81. The second-order valence-corrected chi connectivity index (χ2v) is 5.75. The number of hydrogen-bond donors (Lipinski definition) is 1. The van der Waals surface area contributed by atoms with Crippen molar-refractivity contribution in [3.05, 3.63) is 35.4 Å². The van der Waals surface area contributed by atoms with Crippen molar-refractivity contribution in [2.45, 2.75) is 13.8 Å². The lowest BCUT2D eigenvalue weighted by molar-refractivity contribution is -0.137. The molecular weight excluding hydrogens is 284 g/mol. The third-order valence-electron chi connectivity index (χ3n) is 2.96. The van der Waals surface area contributed by atoms with Gasteiger partial charge in [-0.2, -0.15) is 0 Å². The molecule has 0 saturated heterocycles. The first-order valence-electron chi connectivity index (χ1n) is 7.05. The van der Waals surface area contributed by atoms with Crippen LogP contribution < -0.4 is 0 Å². The fourth-order valence-corrected chi connectivity index (χ4v) is 2.05. The number of amides is 2. The maximum absolute atomic E-state index is 12.5. The van der Waals surface area contributed by atoms with Crippen LogP contribution in [0.25, 0.3) is 0 Å². The normalized spacial score (nSPS) is 10.4. The van der Waals surface area contributed by atoms with Gasteiger partial charge in [0.1, 0.15) is 6.54 Å². The Morgan fingerprint density at radius 2 is 1.64 bits per heavy atom. The van der Waals surface area contributed by atoms with Gasteiger partial charge in [-0.3, -0.25) is 14.4 Å². The molecule has 0 heterocycles. The summed E-state index contributed by atoms with van der Waals surface area (Å²) in [5.74, 6) is -1.50. The molecule has 0 aliphatic heterocycles. The van der Waals surface area contributed by atoms with E-state index in [9.17, 15) is 14.4 Å². The van der Waals surface area contributed by atoms with Crippen LogP contribution in [-0.2, 0) is 4.79 Å². The first-order valence-corrected chi connectivity index (χ1v) is 7.05. The van der Waals surface area contributed by atoms with E-state index in [1.54, 1.807) is 32.3 Å². The van der Waals surface area contributed by atoms with Crippen molar-refractivity contribution in [2.24, 2.45) is 5.92 Å². The van der Waals surface area contributed by atoms with Crippen molar-refractivity contribution in [2.75, 3.05) is 27.2 Å². The minimum absolute atomic E-state index is 0.148. The van der Waals surface area contributed by atoms with Crippen LogP contribution in [0.15, 0.2) is 24.3 Å². The molecular formula is C16H22N2O4. The van der Waals surface area contributed by atoms with Crippen molar-refractivity contribution >= 4 is 17.8 Å². The number of carbonyl (C=O) groups excluding carboxylic acids is 2. The van der Waals surface area contributed by atoms with Gasteiger partial charge in [0.25, 0.3) is 11.8 Å². The van der Waals surface area contributed by atoms with Crippen LogP contribution in [0, 0.1) is 5.92 Å². The lowest BCUT2D eigenvalue weighted by Gasteiger charge is -2.23. The summed E-state index contributed by atoms with van der Waals surface area (Å²) in [6.07, 6.45) is 0. The van der Waals surface area contributed by atoms with E-state index in [1.165, 1.54) is 15.9 Å². The van der Waals surface area contributed by atoms with Gasteiger partial charge < -0.3 is 14.9 Å². The molecule has 0 aliphatic rings. The van der Waals surface area contributed by atoms with E-state index in [-0.39, 0.29) is 24.3 Å². The fraction of sp³-hybridized carbons (Fsp3) is 0.438. The lowest BCUT2D eigenvalue weighted by Crippen LogP contribution is -2.38. The Morgan fingerprint density at radius 1 is 1.09 bits per heavy atom. The van der Waals surface area contributed by atoms with E-state index in [0.717, 1.165) is 0 Å². The fourth-order valence-electron chi connectivity index (χ4n) is 2.05. The zero-order valence-corrected chi connectivity index (χ0v) is 13.4. The summed E-state index contributed by atoms with van der Waals surface area (Å²) in [6, 6.07) is 6.34. The van der Waals surface area contributed by atoms with Crippen molar-refractivity contribution in [3.63, 3.8) is 0 Å². The van der Waals surface area contributed by atoms with Crippen LogP contribution in [0.3, 0.4) is 0 Å². The molecule has 6 heteroatoms. The van der Waals surface area contributed by atoms with E-state index in [4.69, 9.17) is 5.11 Å². The third-order valence-corrected chi connectivity index (χ3v) is 2.96. The highest BCUT2D eigenvalue weighted by molar-refractivity contribution is 6.00. The Hall–Kier alpha value is -2.37. The van der Waals surface area contributed by atoms with Gasteiger partial charge in [-0.15, -0.1) is 0 Å². The molecule has 0 aromatic heterocycles. The third kappa shape index (κ3) is 4.87. The number of rotatable bonds is 6. The number of nitrogens with zero attached hydrogens (tertiary/aromatic N) is 2. The van der Waals surface area contributed by atoms with Crippen LogP contribution in [0.2, 0.25) is 0 Å². The van der Waals surface area contributed by atoms with Gasteiger partial charge in [0.15, 0.2) is 0 Å². The summed E-state index contributed by atoms with van der Waals surface area (Å²) in [5.41, 5.74) is 0.713. The van der Waals surface area contributed by atoms with Gasteiger partial charge in [-0.05, 0) is 24.1 Å². The van der Waals surface area contributed by atoms with Crippen LogP contribution in [-0.4, -0.2) is 59.9 Å². The van der Waals surface area contributed by atoms with Gasteiger partial charge in [-0.1, -0.05) is 19.9 Å². The molecule has 120 valence electrons.